The van der Waals surface area contributed by atoms with Crippen molar-refractivity contribution in [2.75, 3.05) is 34.9 Å². The fourth-order valence-electron chi connectivity index (χ4n) is 9.24. The number of methoxy groups -OCH3 is 2. The summed E-state index contributed by atoms with van der Waals surface area (Å²) in [6.45, 7) is 16.0. The van der Waals surface area contributed by atoms with E-state index in [1.165, 1.54) is 0 Å². The van der Waals surface area contributed by atoms with Crippen LogP contribution in [-0.2, 0) is 33.4 Å². The lowest BCUT2D eigenvalue weighted by molar-refractivity contribution is -0.152. The molecule has 14 nitrogen and oxygen atoms in total. The zero-order chi connectivity index (χ0) is 48.4. The van der Waals surface area contributed by atoms with Gasteiger partial charge in [-0.3, -0.25) is 29.3 Å². The predicted molar refractivity (Wildman–Crippen MR) is 254 cm³/mol. The number of amides is 3. The number of unbranched alkanes of at least 4 members (excludes halogenated alkanes) is 1. The van der Waals surface area contributed by atoms with Crippen LogP contribution in [0.15, 0.2) is 60.7 Å². The van der Waals surface area contributed by atoms with Crippen molar-refractivity contribution >= 4 is 29.5 Å². The van der Waals surface area contributed by atoms with E-state index in [4.69, 9.17) is 14.2 Å². The smallest absolute Gasteiger partial charge is 0.306 e. The highest BCUT2D eigenvalue weighted by molar-refractivity contribution is 5.96. The van der Waals surface area contributed by atoms with Gasteiger partial charge in [-0.25, -0.2) is 0 Å². The first kappa shape index (κ1) is 55.1. The van der Waals surface area contributed by atoms with Gasteiger partial charge in [0, 0.05) is 58.2 Å². The summed E-state index contributed by atoms with van der Waals surface area (Å²) in [7, 11) is 6.61. The number of nitrogens with one attached hydrogen (secondary N) is 3. The number of aliphatic hydroxyl groups is 1. The molecule has 0 spiro atoms. The van der Waals surface area contributed by atoms with Gasteiger partial charge in [-0.15, -0.1) is 0 Å². The van der Waals surface area contributed by atoms with Gasteiger partial charge in [0.2, 0.25) is 17.7 Å². The van der Waals surface area contributed by atoms with Crippen molar-refractivity contribution < 1.29 is 43.3 Å². The zero-order valence-electron chi connectivity index (χ0n) is 41.3. The molecule has 1 aliphatic rings. The number of likely N-dealkylation sites (N-methyl/N-ethyl adjacent to an activating group) is 2. The van der Waals surface area contributed by atoms with Crippen LogP contribution < -0.4 is 16.0 Å². The summed E-state index contributed by atoms with van der Waals surface area (Å²) in [5.74, 6) is -1.68. The van der Waals surface area contributed by atoms with E-state index in [2.05, 4.69) is 16.0 Å². The number of ketones is 1. The van der Waals surface area contributed by atoms with Crippen molar-refractivity contribution in [3.63, 3.8) is 0 Å². The molecule has 11 atom stereocenters. The Morgan fingerprint density at radius 1 is 0.846 bits per heavy atom. The number of carbonyl (C=O) groups excluding carboxylic acids is 5. The maximum absolute atomic E-state index is 14.4. The fraction of sp³-hybridized carbons (Fsp3) is 0.667. The number of hydrogen-bond acceptors (Lipinski definition) is 11. The second kappa shape index (κ2) is 27.4. The van der Waals surface area contributed by atoms with Crippen LogP contribution in [0.25, 0.3) is 0 Å². The SMILES string of the molecule is CC[C@H](C)[C@@H]([C@@H](CC(=O)N1CCC[C@H]1[C@H](OC)[C@@H](C)C(O)N[C@H](C)C(OC(=O)CCCCC(=O)c1ccccc1)c1ccccc1)OC)N(C)C(=O)[C@@H](NC(=O)[C@@H](NC)C(C)C)C(C)C. The number of aliphatic hydroxyl groups excluding tert-OH is 1. The zero-order valence-corrected chi connectivity index (χ0v) is 41.3. The van der Waals surface area contributed by atoms with E-state index in [9.17, 15) is 29.1 Å². The van der Waals surface area contributed by atoms with Crippen LogP contribution in [0, 0.1) is 23.7 Å². The van der Waals surface area contributed by atoms with Crippen LogP contribution in [0.5, 0.6) is 0 Å². The van der Waals surface area contributed by atoms with Gasteiger partial charge in [-0.05, 0) is 63.0 Å². The largest absolute Gasteiger partial charge is 0.456 e. The lowest BCUT2D eigenvalue weighted by Crippen LogP contribution is -2.59. The van der Waals surface area contributed by atoms with Crippen LogP contribution in [0.4, 0.5) is 0 Å². The van der Waals surface area contributed by atoms with Gasteiger partial charge in [0.05, 0.1) is 36.8 Å². The summed E-state index contributed by atoms with van der Waals surface area (Å²) >= 11 is 0. The average molecular weight is 908 g/mol. The summed E-state index contributed by atoms with van der Waals surface area (Å²) in [4.78, 5) is 71.2. The van der Waals surface area contributed by atoms with E-state index in [0.29, 0.717) is 37.8 Å². The third-order valence-electron chi connectivity index (χ3n) is 13.3. The maximum Gasteiger partial charge on any atom is 0.306 e. The summed E-state index contributed by atoms with van der Waals surface area (Å²) < 4.78 is 18.2. The number of benzene rings is 2. The maximum atomic E-state index is 14.4. The van der Waals surface area contributed by atoms with Crippen LogP contribution >= 0.6 is 0 Å². The quantitative estimate of drug-likeness (QED) is 0.0326. The van der Waals surface area contributed by atoms with Gasteiger partial charge in [0.1, 0.15) is 18.4 Å². The molecule has 2 aromatic carbocycles. The topological polar surface area (TPSA) is 176 Å². The number of esters is 1. The first-order valence-corrected chi connectivity index (χ1v) is 23.8. The van der Waals surface area contributed by atoms with E-state index in [1.807, 2.05) is 109 Å². The molecular formula is C51H81N5O9. The molecule has 2 unspecified atom stereocenters. The van der Waals surface area contributed by atoms with Gasteiger partial charge in [0.15, 0.2) is 5.78 Å². The number of rotatable bonds is 28. The van der Waals surface area contributed by atoms with Crippen molar-refractivity contribution in [3.05, 3.63) is 71.8 Å². The minimum absolute atomic E-state index is 0.0175. The molecule has 14 heteroatoms. The molecule has 1 saturated heterocycles. The average Bonchev–Trinajstić information content (AvgIpc) is 3.78. The molecule has 65 heavy (non-hydrogen) atoms. The molecule has 0 saturated carbocycles. The fourth-order valence-corrected chi connectivity index (χ4v) is 9.24. The first-order chi connectivity index (χ1) is 30.9. The molecule has 3 amide bonds. The van der Waals surface area contributed by atoms with Gasteiger partial charge >= 0.3 is 5.97 Å². The number of nitrogens with zero attached hydrogens (tertiary/aromatic N) is 2. The molecule has 1 heterocycles. The Labute approximate surface area is 389 Å². The molecule has 1 aliphatic heterocycles. The summed E-state index contributed by atoms with van der Waals surface area (Å²) in [6.07, 6.45) is 0.705. The van der Waals surface area contributed by atoms with Crippen LogP contribution in [0.2, 0.25) is 0 Å². The van der Waals surface area contributed by atoms with Crippen LogP contribution in [0.3, 0.4) is 0 Å². The second-order valence-electron chi connectivity index (χ2n) is 18.6. The third kappa shape index (κ3) is 15.7. The molecule has 3 rings (SSSR count). The van der Waals surface area contributed by atoms with Gasteiger partial charge in [-0.1, -0.05) is 116 Å². The van der Waals surface area contributed by atoms with E-state index >= 15 is 0 Å². The minimum Gasteiger partial charge on any atom is -0.456 e. The second-order valence-corrected chi connectivity index (χ2v) is 18.6. The standard InChI is InChI=1S/C51H81N5O9/c1-13-34(6)46(55(10)51(62)45(33(4)5)54-50(61)44(52-9)32(2)3)41(63-11)31-42(58)56-30-22-27-39(56)47(64-12)35(7)49(60)53-36(8)48(38-25-18-15-19-26-38)65-43(59)29-21-20-28-40(57)37-23-16-14-17-24-37/h14-19,23-26,32-36,39,41,44-49,52-53,60H,13,20-22,27-31H2,1-12H3,(H,54,61)/t34-,35+,36+,39-,41+,44-,45-,46-,47+,48?,49?/m0/s1. The Bertz CT molecular complexity index is 1760. The highest BCUT2D eigenvalue weighted by atomic mass is 16.5. The summed E-state index contributed by atoms with van der Waals surface area (Å²) in [5, 5.41) is 21.1. The minimum atomic E-state index is -1.10. The summed E-state index contributed by atoms with van der Waals surface area (Å²) in [5.41, 5.74) is 1.42. The van der Waals surface area contributed by atoms with Crippen molar-refractivity contribution in [2.24, 2.45) is 23.7 Å². The van der Waals surface area contributed by atoms with E-state index in [1.54, 1.807) is 45.3 Å². The Hall–Kier alpha value is -4.21. The normalized spacial score (nSPS) is 18.8. The molecule has 4 N–H and O–H groups in total. The van der Waals surface area contributed by atoms with E-state index < -0.39 is 60.6 Å². The Morgan fingerprint density at radius 3 is 2.00 bits per heavy atom. The predicted octanol–water partition coefficient (Wildman–Crippen LogP) is 6.32. The van der Waals surface area contributed by atoms with Crippen molar-refractivity contribution in [2.45, 2.75) is 162 Å². The molecule has 0 aromatic heterocycles. The van der Waals surface area contributed by atoms with Crippen molar-refractivity contribution in [1.82, 2.24) is 25.8 Å². The number of hydrogen-bond donors (Lipinski definition) is 4. The van der Waals surface area contributed by atoms with Crippen LogP contribution in [0.1, 0.15) is 129 Å². The molecule has 364 valence electrons. The number of carbonyl (C=O) groups is 5. The monoisotopic (exact) mass is 908 g/mol. The van der Waals surface area contributed by atoms with Gasteiger partial charge in [-0.2, -0.15) is 0 Å². The van der Waals surface area contributed by atoms with E-state index in [-0.39, 0.29) is 60.1 Å². The molecule has 2 aromatic rings. The lowest BCUT2D eigenvalue weighted by atomic mass is 9.89. The Kier molecular flexibility index (Phi) is 23.3. The molecule has 0 bridgehead atoms. The molecule has 1 fully saturated rings. The van der Waals surface area contributed by atoms with Gasteiger partial charge < -0.3 is 39.8 Å². The Balaban J connectivity index is 1.72. The number of Topliss-reactive ketones (excluding diaryl/α,β-unsaturated/α-hetero) is 1. The molecule has 0 radical (unpaired) electrons. The first-order valence-electron chi connectivity index (χ1n) is 23.8. The van der Waals surface area contributed by atoms with Crippen LogP contribution in [-0.4, -0.2) is 128 Å². The molecule has 0 aliphatic carbocycles. The van der Waals surface area contributed by atoms with E-state index in [0.717, 1.165) is 18.4 Å². The highest BCUT2D eigenvalue weighted by Crippen LogP contribution is 2.31. The number of likely N-dealkylation sites (tertiary alicyclic amines) is 1. The lowest BCUT2D eigenvalue weighted by Gasteiger charge is -2.41. The van der Waals surface area contributed by atoms with Crippen molar-refractivity contribution in [1.29, 1.82) is 0 Å². The van der Waals surface area contributed by atoms with Gasteiger partial charge in [0.25, 0.3) is 0 Å². The number of ether oxygens (including phenoxy) is 3. The highest BCUT2D eigenvalue weighted by Gasteiger charge is 2.43. The molecular weight excluding hydrogens is 827 g/mol. The Morgan fingerprint density at radius 2 is 1.45 bits per heavy atom. The summed E-state index contributed by atoms with van der Waals surface area (Å²) in [6, 6.07) is 15.9. The van der Waals surface area contributed by atoms with Crippen molar-refractivity contribution in [3.8, 4) is 0 Å². The third-order valence-corrected chi connectivity index (χ3v) is 13.3.